The number of carbonyl (C=O) groups excluding carboxylic acids is 2. The molecule has 1 aliphatic heterocycles. The highest BCUT2D eigenvalue weighted by atomic mass is 35.5. The van der Waals surface area contributed by atoms with Crippen molar-refractivity contribution in [2.75, 3.05) is 6.54 Å². The Hall–Kier alpha value is -3.26. The molecule has 2 N–H and O–H groups in total. The lowest BCUT2D eigenvalue weighted by Gasteiger charge is -2.46. The smallest absolute Gasteiger partial charge is 0.305 e. The van der Waals surface area contributed by atoms with Crippen LogP contribution in [0.2, 0.25) is 5.02 Å². The van der Waals surface area contributed by atoms with E-state index in [0.29, 0.717) is 34.6 Å². The van der Waals surface area contributed by atoms with Crippen LogP contribution in [0.1, 0.15) is 100 Å². The average molecular weight is 598 g/mol. The zero-order valence-corrected chi connectivity index (χ0v) is 25.6. The lowest BCUT2D eigenvalue weighted by molar-refractivity contribution is -0.137. The molecule has 0 bridgehead atoms. The normalized spacial score (nSPS) is 21.2. The van der Waals surface area contributed by atoms with Gasteiger partial charge in [-0.3, -0.25) is 19.4 Å². The third-order valence-corrected chi connectivity index (χ3v) is 8.96. The molecule has 1 saturated carbocycles. The number of hydrogen-bond acceptors (Lipinski definition) is 4. The van der Waals surface area contributed by atoms with E-state index in [2.05, 4.69) is 33.0 Å². The van der Waals surface area contributed by atoms with Gasteiger partial charge in [0.15, 0.2) is 0 Å². The molecule has 1 aliphatic carbocycles. The van der Waals surface area contributed by atoms with Crippen LogP contribution in [0.4, 0.5) is 4.39 Å². The molecule has 2 aromatic rings. The lowest BCUT2D eigenvalue weighted by Crippen LogP contribution is -2.51. The largest absolute Gasteiger partial charge is 0.481 e. The summed E-state index contributed by atoms with van der Waals surface area (Å²) < 4.78 is 14.0. The highest BCUT2D eigenvalue weighted by Crippen LogP contribution is 2.48. The number of aliphatic imine (C=N–C) groups is 1. The number of carboxylic acid groups (broad SMARTS) is 1. The predicted octanol–water partition coefficient (Wildman–Crippen LogP) is 7.03. The Morgan fingerprint density at radius 1 is 1.10 bits per heavy atom. The monoisotopic (exact) mass is 597 g/mol. The molecule has 1 spiro atoms. The molecule has 42 heavy (non-hydrogen) atoms. The zero-order valence-electron chi connectivity index (χ0n) is 24.8. The molecule has 7 nitrogen and oxygen atoms in total. The minimum atomic E-state index is -0.977. The Balaban J connectivity index is 1.71. The van der Waals surface area contributed by atoms with Crippen molar-refractivity contribution in [1.82, 2.24) is 10.2 Å². The van der Waals surface area contributed by atoms with Crippen molar-refractivity contribution in [2.45, 2.75) is 84.3 Å². The van der Waals surface area contributed by atoms with Crippen LogP contribution in [0.15, 0.2) is 47.5 Å². The van der Waals surface area contributed by atoms with Gasteiger partial charge in [0.25, 0.3) is 11.8 Å². The van der Waals surface area contributed by atoms with Crippen LogP contribution in [0, 0.1) is 23.6 Å². The van der Waals surface area contributed by atoms with Gasteiger partial charge in [-0.1, -0.05) is 51.4 Å². The first-order chi connectivity index (χ1) is 19.9. The molecule has 2 aromatic carbocycles. The van der Waals surface area contributed by atoms with E-state index < -0.39 is 17.4 Å². The molecule has 1 atom stereocenters. The molecular weight excluding hydrogens is 557 g/mol. The van der Waals surface area contributed by atoms with E-state index in [1.165, 1.54) is 12.1 Å². The summed E-state index contributed by atoms with van der Waals surface area (Å²) in [7, 11) is 0. The van der Waals surface area contributed by atoms with E-state index in [1.54, 1.807) is 18.2 Å². The molecule has 1 fully saturated rings. The van der Waals surface area contributed by atoms with Crippen LogP contribution in [0.25, 0.3) is 0 Å². The van der Waals surface area contributed by atoms with Crippen LogP contribution in [0.5, 0.6) is 0 Å². The zero-order chi connectivity index (χ0) is 30.6. The second kappa shape index (κ2) is 13.4. The fraction of sp³-hybridized carbons (Fsp3) is 0.515. The number of nitrogens with zero attached hydrogens (tertiary/aromatic N) is 2. The summed E-state index contributed by atoms with van der Waals surface area (Å²) in [4.78, 5) is 44.8. The van der Waals surface area contributed by atoms with Crippen molar-refractivity contribution in [3.05, 3.63) is 70.0 Å². The molecule has 226 valence electrons. The summed E-state index contributed by atoms with van der Waals surface area (Å²) >= 11 is 6.12. The summed E-state index contributed by atoms with van der Waals surface area (Å²) in [5.41, 5.74) is 1.43. The molecule has 0 radical (unpaired) electrons. The fourth-order valence-electron chi connectivity index (χ4n) is 6.18. The van der Waals surface area contributed by atoms with Gasteiger partial charge in [-0.15, -0.1) is 0 Å². The Morgan fingerprint density at radius 3 is 2.33 bits per heavy atom. The van der Waals surface area contributed by atoms with Crippen molar-refractivity contribution in [3.63, 3.8) is 0 Å². The second-order valence-electron chi connectivity index (χ2n) is 12.3. The standard InChI is InChI=1S/C33H41ClFN3O4/c1-20(2)5-12-28(23-6-8-24(9-7-23)31(41)36-18-15-29(39)40)38-32(42)30(25-10-11-27(35)26(34)19-25)37-33(38)16-13-22(14-17-33)21(3)4/h6-11,19-22,28H,5,12-18H2,1-4H3,(H,36,41)(H,39,40)/t22?,28-,33?/m1/s1. The maximum Gasteiger partial charge on any atom is 0.305 e. The third kappa shape index (κ3) is 7.02. The lowest BCUT2D eigenvalue weighted by atomic mass is 9.75. The summed E-state index contributed by atoms with van der Waals surface area (Å²) in [6, 6.07) is 11.2. The average Bonchev–Trinajstić information content (AvgIpc) is 3.21. The van der Waals surface area contributed by atoms with Gasteiger partial charge < -0.3 is 15.3 Å². The van der Waals surface area contributed by atoms with Gasteiger partial charge in [0.05, 0.1) is 17.5 Å². The number of aliphatic carboxylic acids is 1. The topological polar surface area (TPSA) is 99.1 Å². The van der Waals surface area contributed by atoms with Crippen molar-refractivity contribution in [1.29, 1.82) is 0 Å². The maximum atomic E-state index is 14.3. The number of nitrogens with one attached hydrogen (secondary N) is 1. The Morgan fingerprint density at radius 2 is 1.76 bits per heavy atom. The second-order valence-corrected chi connectivity index (χ2v) is 12.7. The van der Waals surface area contributed by atoms with Crippen molar-refractivity contribution in [2.24, 2.45) is 22.7 Å². The van der Waals surface area contributed by atoms with E-state index in [-0.39, 0.29) is 35.8 Å². The third-order valence-electron chi connectivity index (χ3n) is 8.67. The first-order valence-electron chi connectivity index (χ1n) is 14.9. The fourth-order valence-corrected chi connectivity index (χ4v) is 6.36. The number of rotatable bonds is 11. The van der Waals surface area contributed by atoms with Gasteiger partial charge in [-0.25, -0.2) is 4.39 Å². The molecule has 0 saturated heterocycles. The van der Waals surface area contributed by atoms with Crippen LogP contribution < -0.4 is 5.32 Å². The number of hydrogen-bond donors (Lipinski definition) is 2. The quantitative estimate of drug-likeness (QED) is 0.290. The molecule has 2 amide bonds. The van der Waals surface area contributed by atoms with E-state index in [9.17, 15) is 18.8 Å². The molecule has 0 aromatic heterocycles. The van der Waals surface area contributed by atoms with Crippen molar-refractivity contribution < 1.29 is 23.9 Å². The molecule has 9 heteroatoms. The van der Waals surface area contributed by atoms with Gasteiger partial charge in [-0.2, -0.15) is 0 Å². The Bertz CT molecular complexity index is 1330. The Labute approximate surface area is 252 Å². The molecule has 4 rings (SSSR count). The highest BCUT2D eigenvalue weighted by molar-refractivity contribution is 6.47. The number of carbonyl (C=O) groups is 3. The van der Waals surface area contributed by atoms with Crippen LogP contribution >= 0.6 is 11.6 Å². The van der Waals surface area contributed by atoms with E-state index in [1.807, 2.05) is 17.0 Å². The van der Waals surface area contributed by atoms with Crippen LogP contribution in [-0.4, -0.2) is 45.7 Å². The van der Waals surface area contributed by atoms with Gasteiger partial charge in [-0.05, 0) is 92.2 Å². The van der Waals surface area contributed by atoms with Crippen molar-refractivity contribution in [3.8, 4) is 0 Å². The highest BCUT2D eigenvalue weighted by Gasteiger charge is 2.52. The van der Waals surface area contributed by atoms with Crippen molar-refractivity contribution >= 4 is 35.1 Å². The first kappa shape index (κ1) is 31.7. The van der Waals surface area contributed by atoms with Crippen LogP contribution in [-0.2, 0) is 9.59 Å². The SMILES string of the molecule is CC(C)CC[C@H](c1ccc(C(=O)NCCC(=O)O)cc1)N1C(=O)C(c2ccc(F)c(Cl)c2)=NC12CCC(C(C)C)CC2. The minimum absolute atomic E-state index is 0.0443. The van der Waals surface area contributed by atoms with E-state index in [4.69, 9.17) is 21.7 Å². The van der Waals surface area contributed by atoms with Gasteiger partial charge in [0.2, 0.25) is 0 Å². The number of benzene rings is 2. The van der Waals surface area contributed by atoms with E-state index in [0.717, 1.165) is 44.1 Å². The first-order valence-corrected chi connectivity index (χ1v) is 15.3. The maximum absolute atomic E-state index is 14.3. The predicted molar refractivity (Wildman–Crippen MR) is 162 cm³/mol. The molecule has 2 aliphatic rings. The Kier molecular flexibility index (Phi) is 10.1. The van der Waals surface area contributed by atoms with Gasteiger partial charge in [0.1, 0.15) is 17.2 Å². The van der Waals surface area contributed by atoms with Crippen LogP contribution in [0.3, 0.4) is 0 Å². The number of halogens is 2. The minimum Gasteiger partial charge on any atom is -0.481 e. The van der Waals surface area contributed by atoms with E-state index >= 15 is 0 Å². The summed E-state index contributed by atoms with van der Waals surface area (Å²) in [6.07, 6.45) is 4.83. The summed E-state index contributed by atoms with van der Waals surface area (Å²) in [5, 5.41) is 11.4. The molecule has 1 heterocycles. The number of amides is 2. The molecule has 0 unspecified atom stereocenters. The molecular formula is C33H41ClFN3O4. The summed E-state index contributed by atoms with van der Waals surface area (Å²) in [5.74, 6) is -0.551. The number of carboxylic acids is 1. The summed E-state index contributed by atoms with van der Waals surface area (Å²) in [6.45, 7) is 8.82. The van der Waals surface area contributed by atoms with Gasteiger partial charge in [0, 0.05) is 17.7 Å². The van der Waals surface area contributed by atoms with Gasteiger partial charge >= 0.3 is 5.97 Å².